The number of fused-ring (bicyclic) bond motifs is 1. The lowest BCUT2D eigenvalue weighted by Crippen LogP contribution is -2.31. The zero-order valence-corrected chi connectivity index (χ0v) is 11.0. The molecule has 1 saturated carbocycles. The topological polar surface area (TPSA) is 16.1 Å². The van der Waals surface area contributed by atoms with Crippen molar-refractivity contribution in [3.8, 4) is 0 Å². The largest absolute Gasteiger partial charge is 0.298 e. The summed E-state index contributed by atoms with van der Waals surface area (Å²) in [5.74, 6) is 1.02. The average Bonchev–Trinajstić information content (AvgIpc) is 2.86. The van der Waals surface area contributed by atoms with E-state index >= 15 is 0 Å². The number of aromatic nitrogens is 1. The van der Waals surface area contributed by atoms with Gasteiger partial charge in [-0.2, -0.15) is 0 Å². The van der Waals surface area contributed by atoms with Gasteiger partial charge in [-0.1, -0.05) is 0 Å². The number of nitrogens with zero attached hydrogens (tertiary/aromatic N) is 2. The quantitative estimate of drug-likeness (QED) is 0.779. The van der Waals surface area contributed by atoms with Crippen LogP contribution in [0, 0.1) is 8.93 Å². The summed E-state index contributed by atoms with van der Waals surface area (Å²) in [4.78, 5) is 8.68. The van der Waals surface area contributed by atoms with Gasteiger partial charge in [0.2, 0.25) is 0 Å². The minimum absolute atomic E-state index is 1.02. The molecule has 0 atom stereocenters. The van der Waals surface area contributed by atoms with E-state index in [1.54, 1.807) is 0 Å². The molecule has 1 fully saturated rings. The second-order valence-corrected chi connectivity index (χ2v) is 7.10. The molecule has 0 aromatic carbocycles. The van der Waals surface area contributed by atoms with E-state index in [1.807, 2.05) is 11.3 Å². The molecule has 0 unspecified atom stereocenters. The van der Waals surface area contributed by atoms with Gasteiger partial charge < -0.3 is 0 Å². The Morgan fingerprint density at radius 3 is 3.14 bits per heavy atom. The first-order chi connectivity index (χ1) is 6.81. The molecule has 0 radical (unpaired) electrons. The summed E-state index contributed by atoms with van der Waals surface area (Å²) < 4.78 is 1.21. The van der Waals surface area contributed by atoms with Crippen LogP contribution < -0.4 is 0 Å². The van der Waals surface area contributed by atoms with E-state index in [4.69, 9.17) is 0 Å². The third-order valence-corrected chi connectivity index (χ3v) is 4.77. The van der Waals surface area contributed by atoms with Gasteiger partial charge >= 0.3 is 0 Å². The lowest BCUT2D eigenvalue weighted by atomic mass is 10.1. The monoisotopic (exact) mass is 320 g/mol. The molecule has 0 amide bonds. The Bertz CT molecular complexity index is 346. The van der Waals surface area contributed by atoms with E-state index in [1.165, 1.54) is 45.9 Å². The van der Waals surface area contributed by atoms with E-state index in [9.17, 15) is 0 Å². The van der Waals surface area contributed by atoms with E-state index in [-0.39, 0.29) is 0 Å². The Morgan fingerprint density at radius 2 is 2.36 bits per heavy atom. The highest BCUT2D eigenvalue weighted by molar-refractivity contribution is 14.1. The summed E-state index contributed by atoms with van der Waals surface area (Å²) >= 11 is 4.21. The summed E-state index contributed by atoms with van der Waals surface area (Å²) in [5.41, 5.74) is 1.37. The molecule has 2 nitrogen and oxygen atoms in total. The van der Waals surface area contributed by atoms with Gasteiger partial charge in [0.25, 0.3) is 0 Å². The second kappa shape index (κ2) is 3.72. The molecule has 1 aliphatic carbocycles. The van der Waals surface area contributed by atoms with E-state index in [0.717, 1.165) is 12.5 Å². The molecule has 2 aliphatic rings. The van der Waals surface area contributed by atoms with Crippen LogP contribution in [0.5, 0.6) is 0 Å². The Labute approximate surface area is 102 Å². The van der Waals surface area contributed by atoms with Crippen LogP contribution in [0.25, 0.3) is 0 Å². The van der Waals surface area contributed by atoms with Crippen molar-refractivity contribution >= 4 is 33.9 Å². The van der Waals surface area contributed by atoms with Crippen LogP contribution in [-0.4, -0.2) is 23.0 Å². The van der Waals surface area contributed by atoms with Gasteiger partial charge in [-0.05, 0) is 41.4 Å². The zero-order chi connectivity index (χ0) is 9.54. The summed E-state index contributed by atoms with van der Waals surface area (Å²) in [5, 5.41) is 0. The Morgan fingerprint density at radius 1 is 1.50 bits per heavy atom. The van der Waals surface area contributed by atoms with Crippen LogP contribution in [-0.2, 0) is 13.0 Å². The standard InChI is InChI=1S/C10H13IN2S/c11-10-12-8-3-4-13(5-7-1-2-7)6-9(8)14-10/h7H,1-6H2. The van der Waals surface area contributed by atoms with Crippen molar-refractivity contribution < 1.29 is 0 Å². The first-order valence-corrected chi connectivity index (χ1v) is 7.07. The molecule has 76 valence electrons. The fourth-order valence-corrected chi connectivity index (χ4v) is 4.00. The van der Waals surface area contributed by atoms with Crippen LogP contribution in [0.3, 0.4) is 0 Å². The molecular formula is C10H13IN2S. The fourth-order valence-electron chi connectivity index (χ4n) is 2.04. The van der Waals surface area contributed by atoms with Gasteiger partial charge in [0.15, 0.2) is 3.01 Å². The zero-order valence-electron chi connectivity index (χ0n) is 8.00. The third kappa shape index (κ3) is 1.97. The lowest BCUT2D eigenvalue weighted by Gasteiger charge is -2.25. The van der Waals surface area contributed by atoms with E-state index < -0.39 is 0 Å². The molecule has 0 saturated heterocycles. The van der Waals surface area contributed by atoms with E-state index in [0.29, 0.717) is 0 Å². The van der Waals surface area contributed by atoms with Crippen molar-refractivity contribution in [3.05, 3.63) is 13.6 Å². The van der Waals surface area contributed by atoms with Crippen molar-refractivity contribution in [2.45, 2.75) is 25.8 Å². The molecule has 4 heteroatoms. The van der Waals surface area contributed by atoms with Crippen molar-refractivity contribution in [1.29, 1.82) is 0 Å². The highest BCUT2D eigenvalue weighted by Gasteiger charge is 2.27. The smallest absolute Gasteiger partial charge is 0.154 e. The van der Waals surface area contributed by atoms with Gasteiger partial charge in [-0.25, -0.2) is 4.98 Å². The number of hydrogen-bond acceptors (Lipinski definition) is 3. The Kier molecular flexibility index (Phi) is 2.53. The number of hydrogen-bond donors (Lipinski definition) is 0. The number of thiazole rings is 1. The van der Waals surface area contributed by atoms with Gasteiger partial charge in [0.1, 0.15) is 0 Å². The predicted octanol–water partition coefficient (Wildman–Crippen LogP) is 2.52. The first kappa shape index (κ1) is 9.54. The summed E-state index contributed by atoms with van der Waals surface area (Å²) in [6.07, 6.45) is 4.09. The minimum Gasteiger partial charge on any atom is -0.298 e. The minimum atomic E-state index is 1.02. The molecule has 2 heterocycles. The maximum atomic E-state index is 4.56. The van der Waals surface area contributed by atoms with Gasteiger partial charge in [0, 0.05) is 30.9 Å². The van der Waals surface area contributed by atoms with Crippen molar-refractivity contribution in [1.82, 2.24) is 9.88 Å². The lowest BCUT2D eigenvalue weighted by molar-refractivity contribution is 0.245. The van der Waals surface area contributed by atoms with Gasteiger partial charge in [0.05, 0.1) is 5.69 Å². The maximum Gasteiger partial charge on any atom is 0.154 e. The fraction of sp³-hybridized carbons (Fsp3) is 0.700. The maximum absolute atomic E-state index is 4.56. The molecule has 0 N–H and O–H groups in total. The van der Waals surface area contributed by atoms with Crippen LogP contribution in [0.4, 0.5) is 0 Å². The molecule has 3 rings (SSSR count). The molecule has 1 aromatic heterocycles. The average molecular weight is 320 g/mol. The molecule has 14 heavy (non-hydrogen) atoms. The molecule has 0 spiro atoms. The molecular weight excluding hydrogens is 307 g/mol. The first-order valence-electron chi connectivity index (χ1n) is 5.17. The van der Waals surface area contributed by atoms with Gasteiger partial charge in [-0.3, -0.25) is 4.90 Å². The van der Waals surface area contributed by atoms with Crippen LogP contribution in [0.2, 0.25) is 0 Å². The molecule has 1 aliphatic heterocycles. The SMILES string of the molecule is Ic1nc2c(s1)CN(CC1CC1)CC2. The summed E-state index contributed by atoms with van der Waals surface area (Å²) in [6, 6.07) is 0. The highest BCUT2D eigenvalue weighted by atomic mass is 127. The Hall–Kier alpha value is 0.320. The molecule has 1 aromatic rings. The second-order valence-electron chi connectivity index (χ2n) is 4.27. The third-order valence-electron chi connectivity index (χ3n) is 3.00. The van der Waals surface area contributed by atoms with Crippen molar-refractivity contribution in [2.75, 3.05) is 13.1 Å². The summed E-state index contributed by atoms with van der Waals surface area (Å²) in [7, 11) is 0. The van der Waals surface area contributed by atoms with Crippen molar-refractivity contribution in [2.24, 2.45) is 5.92 Å². The summed E-state index contributed by atoms with van der Waals surface area (Å²) in [6.45, 7) is 3.71. The normalized spacial score (nSPS) is 22.4. The molecule has 0 bridgehead atoms. The predicted molar refractivity (Wildman–Crippen MR) is 66.5 cm³/mol. The van der Waals surface area contributed by atoms with Crippen molar-refractivity contribution in [3.63, 3.8) is 0 Å². The van der Waals surface area contributed by atoms with Crippen LogP contribution >= 0.6 is 33.9 Å². The van der Waals surface area contributed by atoms with Crippen LogP contribution in [0.1, 0.15) is 23.4 Å². The van der Waals surface area contributed by atoms with Gasteiger partial charge in [-0.15, -0.1) is 11.3 Å². The highest BCUT2D eigenvalue weighted by Crippen LogP contribution is 2.32. The number of rotatable bonds is 2. The van der Waals surface area contributed by atoms with E-state index in [2.05, 4.69) is 32.5 Å². The van der Waals surface area contributed by atoms with Crippen LogP contribution in [0.15, 0.2) is 0 Å². The Balaban J connectivity index is 1.71. The number of halogens is 1.